The Morgan fingerprint density at radius 2 is 0.950 bits per heavy atom. The van der Waals surface area contributed by atoms with Crippen LogP contribution in [0.5, 0.6) is 0 Å². The van der Waals surface area contributed by atoms with E-state index in [1.807, 2.05) is 0 Å². The molecule has 2 aliphatic carbocycles. The first-order valence-electron chi connectivity index (χ1n) is 16.8. The number of benzene rings is 2. The minimum absolute atomic E-state index is 0.587. The predicted octanol–water partition coefficient (Wildman–Crippen LogP) is 7.14. The Hall–Kier alpha value is -1.72. The Morgan fingerprint density at radius 3 is 1.35 bits per heavy atom. The van der Waals surface area contributed by atoms with Crippen LogP contribution < -0.4 is 10.6 Å². The van der Waals surface area contributed by atoms with Gasteiger partial charge in [0.25, 0.3) is 0 Å². The average molecular weight is 545 g/mol. The molecule has 2 N–H and O–H groups in total. The second-order valence-corrected chi connectivity index (χ2v) is 12.9. The maximum atomic E-state index is 4.27. The van der Waals surface area contributed by atoms with Crippen molar-refractivity contribution >= 4 is 0 Å². The zero-order valence-corrected chi connectivity index (χ0v) is 25.4. The molecule has 5 rings (SSSR count). The van der Waals surface area contributed by atoms with Gasteiger partial charge in [-0.25, -0.2) is 0 Å². The number of fused-ring (bicyclic) bond motifs is 2. The summed E-state index contributed by atoms with van der Waals surface area (Å²) in [5.74, 6) is 0. The summed E-state index contributed by atoms with van der Waals surface area (Å²) >= 11 is 0. The normalized spacial score (nSPS) is 31.6. The van der Waals surface area contributed by atoms with Crippen molar-refractivity contribution < 1.29 is 0 Å². The fourth-order valence-corrected chi connectivity index (χ4v) is 7.91. The van der Waals surface area contributed by atoms with Crippen LogP contribution in [-0.4, -0.2) is 59.1 Å². The van der Waals surface area contributed by atoms with Gasteiger partial charge in [-0.05, 0) is 62.5 Å². The molecule has 2 aromatic carbocycles. The highest BCUT2D eigenvalue weighted by Gasteiger charge is 2.35. The first kappa shape index (κ1) is 29.8. The molecule has 0 radical (unpaired) electrons. The Balaban J connectivity index is 1.41. The molecule has 3 aliphatic rings. The molecule has 4 nitrogen and oxygen atoms in total. The molecular weight excluding hydrogens is 488 g/mol. The summed E-state index contributed by atoms with van der Waals surface area (Å²) in [5, 5.41) is 8.55. The van der Waals surface area contributed by atoms with Crippen LogP contribution in [0.25, 0.3) is 0 Å². The van der Waals surface area contributed by atoms with Crippen LogP contribution in [0, 0.1) is 0 Å². The lowest BCUT2D eigenvalue weighted by atomic mass is 9.86. The van der Waals surface area contributed by atoms with E-state index in [9.17, 15) is 0 Å². The van der Waals surface area contributed by atoms with Crippen molar-refractivity contribution in [2.45, 2.75) is 140 Å². The molecule has 0 unspecified atom stereocenters. The molecule has 0 amide bonds. The molecule has 3 fully saturated rings. The molecule has 0 aromatic heterocycles. The standard InChI is InChI=1S/C36H56N4/c1-3-31-23-25-39(27-29-15-7-5-8-16-29)36-22-14-12-20-34(36)38-32(4-2)24-26-40(28-30-17-9-6-10-18-30)35-21-13-11-19-33(35)37-31/h5-10,15-18,31-38H,3-4,11-14,19-28H2,1-2H3/t31-,32+,33-,34+,35-,36+. The molecular formula is C36H56N4. The first-order valence-corrected chi connectivity index (χ1v) is 16.8. The predicted molar refractivity (Wildman–Crippen MR) is 169 cm³/mol. The van der Waals surface area contributed by atoms with E-state index in [0.29, 0.717) is 36.3 Å². The molecule has 0 bridgehead atoms. The van der Waals surface area contributed by atoms with Crippen LogP contribution in [0.4, 0.5) is 0 Å². The van der Waals surface area contributed by atoms with E-state index in [4.69, 9.17) is 0 Å². The van der Waals surface area contributed by atoms with E-state index in [0.717, 1.165) is 13.1 Å². The third-order valence-electron chi connectivity index (χ3n) is 10.3. The fourth-order valence-electron chi connectivity index (χ4n) is 7.91. The highest BCUT2D eigenvalue weighted by molar-refractivity contribution is 5.16. The number of hydrogen-bond donors (Lipinski definition) is 2. The molecule has 1 aliphatic heterocycles. The van der Waals surface area contributed by atoms with Crippen LogP contribution in [0.3, 0.4) is 0 Å². The Bertz CT molecular complexity index is 886. The van der Waals surface area contributed by atoms with E-state index < -0.39 is 0 Å². The molecule has 220 valence electrons. The second kappa shape index (κ2) is 15.5. The summed E-state index contributed by atoms with van der Waals surface area (Å²) in [6.45, 7) is 9.33. The van der Waals surface area contributed by atoms with E-state index in [-0.39, 0.29) is 0 Å². The lowest BCUT2D eigenvalue weighted by Gasteiger charge is -2.45. The van der Waals surface area contributed by atoms with Crippen LogP contribution >= 0.6 is 0 Å². The summed E-state index contributed by atoms with van der Waals surface area (Å²) in [6, 6.07) is 26.1. The maximum absolute atomic E-state index is 4.27. The smallest absolute Gasteiger partial charge is 0.0252 e. The van der Waals surface area contributed by atoms with Crippen LogP contribution in [0.15, 0.2) is 60.7 Å². The van der Waals surface area contributed by atoms with Gasteiger partial charge in [0.1, 0.15) is 0 Å². The highest BCUT2D eigenvalue weighted by atomic mass is 15.2. The van der Waals surface area contributed by atoms with Gasteiger partial charge in [0.05, 0.1) is 0 Å². The SMILES string of the molecule is CC[C@H]1CCN(Cc2ccccc2)[C@@H]2CCCC[C@H]2N[C@H](CC)CCN(Cc2ccccc2)[C@H]2CCCC[C@@H]2N1. The number of hydrogen-bond acceptors (Lipinski definition) is 4. The lowest BCUT2D eigenvalue weighted by Crippen LogP contribution is -2.57. The molecule has 4 heteroatoms. The van der Waals surface area contributed by atoms with Gasteiger partial charge in [-0.3, -0.25) is 9.80 Å². The Kier molecular flexibility index (Phi) is 11.5. The summed E-state index contributed by atoms with van der Waals surface area (Å²) in [7, 11) is 0. The monoisotopic (exact) mass is 544 g/mol. The number of nitrogens with one attached hydrogen (secondary N) is 2. The fraction of sp³-hybridized carbons (Fsp3) is 0.667. The molecule has 2 aromatic rings. The molecule has 6 atom stereocenters. The van der Waals surface area contributed by atoms with Gasteiger partial charge in [0, 0.05) is 62.4 Å². The van der Waals surface area contributed by atoms with E-state index in [2.05, 4.69) is 94.9 Å². The van der Waals surface area contributed by atoms with Gasteiger partial charge >= 0.3 is 0 Å². The lowest BCUT2D eigenvalue weighted by molar-refractivity contribution is 0.0775. The number of nitrogens with zero attached hydrogens (tertiary/aromatic N) is 2. The molecule has 1 heterocycles. The van der Waals surface area contributed by atoms with Crippen LogP contribution in [0.2, 0.25) is 0 Å². The highest BCUT2D eigenvalue weighted by Crippen LogP contribution is 2.29. The van der Waals surface area contributed by atoms with E-state index >= 15 is 0 Å². The minimum atomic E-state index is 0.587. The summed E-state index contributed by atoms with van der Waals surface area (Å²) in [5.41, 5.74) is 2.93. The van der Waals surface area contributed by atoms with Crippen molar-refractivity contribution in [3.05, 3.63) is 71.8 Å². The Morgan fingerprint density at radius 1 is 0.550 bits per heavy atom. The van der Waals surface area contributed by atoms with Crippen molar-refractivity contribution in [3.8, 4) is 0 Å². The van der Waals surface area contributed by atoms with Gasteiger partial charge in [-0.1, -0.05) is 100 Å². The molecule has 0 spiro atoms. The van der Waals surface area contributed by atoms with Gasteiger partial charge < -0.3 is 10.6 Å². The third-order valence-corrected chi connectivity index (χ3v) is 10.3. The molecule has 2 saturated carbocycles. The quantitative estimate of drug-likeness (QED) is 0.405. The van der Waals surface area contributed by atoms with Gasteiger partial charge in [-0.2, -0.15) is 0 Å². The van der Waals surface area contributed by atoms with E-state index in [1.54, 1.807) is 0 Å². The summed E-state index contributed by atoms with van der Waals surface area (Å²) in [6.07, 6.45) is 15.7. The van der Waals surface area contributed by atoms with Gasteiger partial charge in [-0.15, -0.1) is 0 Å². The topological polar surface area (TPSA) is 30.5 Å². The summed E-state index contributed by atoms with van der Waals surface area (Å²) in [4.78, 5) is 5.74. The number of rotatable bonds is 6. The van der Waals surface area contributed by atoms with Crippen molar-refractivity contribution in [1.82, 2.24) is 20.4 Å². The molecule has 40 heavy (non-hydrogen) atoms. The Labute approximate surface area is 245 Å². The summed E-state index contributed by atoms with van der Waals surface area (Å²) < 4.78 is 0. The first-order chi connectivity index (χ1) is 19.7. The van der Waals surface area contributed by atoms with Gasteiger partial charge in [0.2, 0.25) is 0 Å². The molecule has 1 saturated heterocycles. The third kappa shape index (κ3) is 8.18. The van der Waals surface area contributed by atoms with Crippen LogP contribution in [0.1, 0.15) is 102 Å². The van der Waals surface area contributed by atoms with Crippen LogP contribution in [-0.2, 0) is 13.1 Å². The minimum Gasteiger partial charge on any atom is -0.310 e. The zero-order valence-electron chi connectivity index (χ0n) is 25.4. The van der Waals surface area contributed by atoms with Crippen molar-refractivity contribution in [2.75, 3.05) is 13.1 Å². The average Bonchev–Trinajstić information content (AvgIpc) is 3.01. The van der Waals surface area contributed by atoms with E-state index in [1.165, 1.54) is 101 Å². The largest absolute Gasteiger partial charge is 0.310 e. The maximum Gasteiger partial charge on any atom is 0.0252 e. The zero-order chi connectivity index (χ0) is 27.6. The van der Waals surface area contributed by atoms with Crippen molar-refractivity contribution in [2.24, 2.45) is 0 Å². The van der Waals surface area contributed by atoms with Crippen molar-refractivity contribution in [3.63, 3.8) is 0 Å². The van der Waals surface area contributed by atoms with Gasteiger partial charge in [0.15, 0.2) is 0 Å². The van der Waals surface area contributed by atoms with Crippen molar-refractivity contribution in [1.29, 1.82) is 0 Å². The second-order valence-electron chi connectivity index (χ2n) is 12.9.